The predicted molar refractivity (Wildman–Crippen MR) is 51.4 cm³/mol. The molecule has 0 aliphatic carbocycles. The number of rotatable bonds is 4. The van der Waals surface area contributed by atoms with Crippen LogP contribution in [0.4, 0.5) is 0 Å². The standard InChI is InChI=1S/C9H10BNO2/c10-13-7-11-5-8-1-3-9(6-12)4-2-8/h1-4,7,12H,5-6H2. The second kappa shape index (κ2) is 5.38. The lowest BCUT2D eigenvalue weighted by Crippen LogP contribution is -1.86. The van der Waals surface area contributed by atoms with Gasteiger partial charge in [-0.15, -0.1) is 0 Å². The van der Waals surface area contributed by atoms with E-state index < -0.39 is 0 Å². The van der Waals surface area contributed by atoms with Crippen molar-refractivity contribution in [1.82, 2.24) is 0 Å². The second-order valence-corrected chi connectivity index (χ2v) is 2.56. The topological polar surface area (TPSA) is 41.8 Å². The molecule has 0 unspecified atom stereocenters. The number of aliphatic imine (C=N–C) groups is 1. The van der Waals surface area contributed by atoms with E-state index in [2.05, 4.69) is 9.65 Å². The number of aliphatic hydroxyl groups is 1. The third-order valence-electron chi connectivity index (χ3n) is 1.61. The van der Waals surface area contributed by atoms with E-state index in [9.17, 15) is 0 Å². The fourth-order valence-corrected chi connectivity index (χ4v) is 0.936. The van der Waals surface area contributed by atoms with Crippen molar-refractivity contribution in [1.29, 1.82) is 0 Å². The molecule has 0 aromatic heterocycles. The average molecular weight is 175 g/mol. The van der Waals surface area contributed by atoms with E-state index in [1.54, 1.807) is 0 Å². The largest absolute Gasteiger partial charge is 0.560 e. The van der Waals surface area contributed by atoms with E-state index in [0.29, 0.717) is 6.54 Å². The molecule has 13 heavy (non-hydrogen) atoms. The van der Waals surface area contributed by atoms with Crippen molar-refractivity contribution in [3.8, 4) is 0 Å². The zero-order valence-corrected chi connectivity index (χ0v) is 7.18. The van der Waals surface area contributed by atoms with E-state index in [1.807, 2.05) is 24.3 Å². The van der Waals surface area contributed by atoms with Crippen molar-refractivity contribution < 1.29 is 9.76 Å². The molecule has 1 rings (SSSR count). The summed E-state index contributed by atoms with van der Waals surface area (Å²) in [6.07, 6.45) is 1.19. The van der Waals surface area contributed by atoms with Gasteiger partial charge < -0.3 is 9.76 Å². The zero-order chi connectivity index (χ0) is 9.52. The van der Waals surface area contributed by atoms with Gasteiger partial charge in [-0.2, -0.15) is 0 Å². The minimum Gasteiger partial charge on any atom is -0.560 e. The van der Waals surface area contributed by atoms with Gasteiger partial charge in [0, 0.05) is 0 Å². The zero-order valence-electron chi connectivity index (χ0n) is 7.18. The van der Waals surface area contributed by atoms with Crippen molar-refractivity contribution in [3.63, 3.8) is 0 Å². The van der Waals surface area contributed by atoms with Crippen molar-refractivity contribution in [2.24, 2.45) is 4.99 Å². The molecule has 0 spiro atoms. The summed E-state index contributed by atoms with van der Waals surface area (Å²) >= 11 is 0. The van der Waals surface area contributed by atoms with Gasteiger partial charge in [-0.05, 0) is 11.1 Å². The molecule has 0 amide bonds. The Hall–Kier alpha value is -1.29. The molecule has 0 aliphatic heterocycles. The highest BCUT2D eigenvalue weighted by molar-refractivity contribution is 6.02. The van der Waals surface area contributed by atoms with Crippen molar-refractivity contribution in [3.05, 3.63) is 35.4 Å². The van der Waals surface area contributed by atoms with Gasteiger partial charge in [0.05, 0.1) is 13.2 Å². The molecular formula is C9H10BNO2. The van der Waals surface area contributed by atoms with E-state index in [0.717, 1.165) is 11.1 Å². The van der Waals surface area contributed by atoms with Crippen LogP contribution in [0.3, 0.4) is 0 Å². The fraction of sp³-hybridized carbons (Fsp3) is 0.222. The smallest absolute Gasteiger partial charge is 0.375 e. The monoisotopic (exact) mass is 175 g/mol. The molecule has 0 saturated carbocycles. The minimum atomic E-state index is 0.0649. The number of benzene rings is 1. The Morgan fingerprint density at radius 2 is 1.92 bits per heavy atom. The summed E-state index contributed by atoms with van der Waals surface area (Å²) in [5, 5.41) is 8.78. The van der Waals surface area contributed by atoms with Crippen molar-refractivity contribution >= 4 is 14.4 Å². The summed E-state index contributed by atoms with van der Waals surface area (Å²) in [6, 6.07) is 7.52. The van der Waals surface area contributed by atoms with Gasteiger partial charge in [0.2, 0.25) is 0 Å². The second-order valence-electron chi connectivity index (χ2n) is 2.56. The highest BCUT2D eigenvalue weighted by atomic mass is 16.4. The normalized spacial score (nSPS) is 10.5. The summed E-state index contributed by atoms with van der Waals surface area (Å²) in [5.74, 6) is 0. The molecular weight excluding hydrogens is 165 g/mol. The maximum atomic E-state index is 8.78. The Kier molecular flexibility index (Phi) is 4.05. The van der Waals surface area contributed by atoms with Gasteiger partial charge in [-0.3, -0.25) is 4.99 Å². The van der Waals surface area contributed by atoms with Crippen LogP contribution in [0, 0.1) is 0 Å². The van der Waals surface area contributed by atoms with Crippen LogP contribution in [-0.2, 0) is 17.8 Å². The number of hydrogen-bond donors (Lipinski definition) is 1. The minimum absolute atomic E-state index is 0.0649. The molecule has 1 N–H and O–H groups in total. The third kappa shape index (κ3) is 3.30. The first kappa shape index (κ1) is 9.80. The first-order valence-electron chi connectivity index (χ1n) is 3.89. The molecule has 0 bridgehead atoms. The van der Waals surface area contributed by atoms with Crippen molar-refractivity contribution in [2.45, 2.75) is 13.2 Å². The SMILES string of the molecule is [B]OC=NCc1ccc(CO)cc1. The van der Waals surface area contributed by atoms with Gasteiger partial charge in [0.15, 0.2) is 6.40 Å². The molecule has 1 aromatic rings. The maximum absolute atomic E-state index is 8.78. The Balaban J connectivity index is 2.54. The average Bonchev–Trinajstić information content (AvgIpc) is 2.19. The summed E-state index contributed by atoms with van der Waals surface area (Å²) in [4.78, 5) is 3.88. The molecule has 0 heterocycles. The third-order valence-corrected chi connectivity index (χ3v) is 1.61. The molecule has 0 fully saturated rings. The van der Waals surface area contributed by atoms with E-state index in [-0.39, 0.29) is 6.61 Å². The Bertz CT molecular complexity index is 271. The summed E-state index contributed by atoms with van der Waals surface area (Å²) in [5.41, 5.74) is 1.94. The molecule has 3 nitrogen and oxygen atoms in total. The first-order chi connectivity index (χ1) is 6.36. The molecule has 1 aromatic carbocycles. The van der Waals surface area contributed by atoms with Gasteiger partial charge >= 0.3 is 8.05 Å². The van der Waals surface area contributed by atoms with Crippen molar-refractivity contribution in [2.75, 3.05) is 0 Å². The number of aliphatic hydroxyl groups excluding tert-OH is 1. The summed E-state index contributed by atoms with van der Waals surface area (Å²) in [6.45, 7) is 0.596. The van der Waals surface area contributed by atoms with Crippen LogP contribution in [0.15, 0.2) is 29.3 Å². The molecule has 2 radical (unpaired) electrons. The quantitative estimate of drug-likeness (QED) is 0.417. The van der Waals surface area contributed by atoms with Crippen LogP contribution in [0.2, 0.25) is 0 Å². The molecule has 0 aliphatic rings. The highest BCUT2D eigenvalue weighted by Gasteiger charge is 1.91. The highest BCUT2D eigenvalue weighted by Crippen LogP contribution is 2.04. The fourth-order valence-electron chi connectivity index (χ4n) is 0.936. The van der Waals surface area contributed by atoms with Crippen LogP contribution in [0.5, 0.6) is 0 Å². The summed E-state index contributed by atoms with van der Waals surface area (Å²) < 4.78 is 4.18. The Morgan fingerprint density at radius 3 is 2.46 bits per heavy atom. The van der Waals surface area contributed by atoms with Crippen LogP contribution in [0.25, 0.3) is 0 Å². The number of hydrogen-bond acceptors (Lipinski definition) is 3. The molecule has 4 heteroatoms. The molecule has 0 saturated heterocycles. The lowest BCUT2D eigenvalue weighted by atomic mass is 10.1. The maximum Gasteiger partial charge on any atom is 0.375 e. The molecule has 0 atom stereocenters. The predicted octanol–water partition coefficient (Wildman–Crippen LogP) is 0.807. The summed E-state index contributed by atoms with van der Waals surface area (Å²) in [7, 11) is 4.76. The Labute approximate surface area is 78.5 Å². The molecule has 66 valence electrons. The van der Waals surface area contributed by atoms with Crippen LogP contribution < -0.4 is 0 Å². The van der Waals surface area contributed by atoms with E-state index >= 15 is 0 Å². The van der Waals surface area contributed by atoms with E-state index in [1.165, 1.54) is 6.40 Å². The van der Waals surface area contributed by atoms with Gasteiger partial charge in [-0.25, -0.2) is 0 Å². The lowest BCUT2D eigenvalue weighted by molar-refractivity contribution is 0.282. The lowest BCUT2D eigenvalue weighted by Gasteiger charge is -1.98. The first-order valence-corrected chi connectivity index (χ1v) is 3.89. The number of nitrogens with zero attached hydrogens (tertiary/aromatic N) is 1. The van der Waals surface area contributed by atoms with Gasteiger partial charge in [0.1, 0.15) is 0 Å². The van der Waals surface area contributed by atoms with Gasteiger partial charge in [-0.1, -0.05) is 24.3 Å². The van der Waals surface area contributed by atoms with Gasteiger partial charge in [0.25, 0.3) is 0 Å². The Morgan fingerprint density at radius 1 is 1.31 bits per heavy atom. The van der Waals surface area contributed by atoms with Crippen LogP contribution >= 0.6 is 0 Å². The van der Waals surface area contributed by atoms with E-state index in [4.69, 9.17) is 13.2 Å². The van der Waals surface area contributed by atoms with Crippen LogP contribution in [-0.4, -0.2) is 19.6 Å². The van der Waals surface area contributed by atoms with Crippen LogP contribution in [0.1, 0.15) is 11.1 Å².